The van der Waals surface area contributed by atoms with Gasteiger partial charge >= 0.3 is 5.91 Å². The molecule has 2 aliphatic rings. The predicted molar refractivity (Wildman–Crippen MR) is 132 cm³/mol. The van der Waals surface area contributed by atoms with E-state index in [0.29, 0.717) is 11.3 Å². The molecule has 0 saturated carbocycles. The summed E-state index contributed by atoms with van der Waals surface area (Å²) in [5, 5.41) is 10.7. The van der Waals surface area contributed by atoms with E-state index in [2.05, 4.69) is 11.5 Å². The first-order chi connectivity index (χ1) is 16.1. The number of unbranched alkanes of at least 4 members (excludes halogenated alkanes) is 1. The van der Waals surface area contributed by atoms with Crippen LogP contribution in [0.5, 0.6) is 11.5 Å². The second-order valence-electron chi connectivity index (χ2n) is 9.83. The summed E-state index contributed by atoms with van der Waals surface area (Å²) in [6.07, 6.45) is 4.79. The van der Waals surface area contributed by atoms with E-state index in [1.165, 1.54) is 0 Å². The number of amides is 1. The van der Waals surface area contributed by atoms with E-state index in [1.54, 1.807) is 63.1 Å². The summed E-state index contributed by atoms with van der Waals surface area (Å²) >= 11 is 0. The number of rotatable bonds is 7. The quantitative estimate of drug-likeness (QED) is 0.569. The van der Waals surface area contributed by atoms with Gasteiger partial charge in [0.25, 0.3) is 0 Å². The minimum atomic E-state index is -1.06. The summed E-state index contributed by atoms with van der Waals surface area (Å²) in [5.41, 5.74) is 2.70. The Morgan fingerprint density at radius 3 is 2.71 bits per heavy atom. The molecule has 1 N–H and O–H groups in total. The first-order valence-electron chi connectivity index (χ1n) is 12.0. The van der Waals surface area contributed by atoms with E-state index in [0.717, 1.165) is 54.8 Å². The normalized spacial score (nSPS) is 18.3. The number of hydrogen-bond donors (Lipinski definition) is 1. The smallest absolute Gasteiger partial charge is 0.317 e. The molecule has 2 aromatic carbocycles. The van der Waals surface area contributed by atoms with Gasteiger partial charge in [0.1, 0.15) is 18.8 Å². The lowest BCUT2D eigenvalue weighted by Crippen LogP contribution is -2.41. The summed E-state index contributed by atoms with van der Waals surface area (Å²) in [6.45, 7) is 9.00. The Balaban J connectivity index is 1.85. The Labute approximate surface area is 201 Å². The maximum Gasteiger partial charge on any atom is 0.317 e. The van der Waals surface area contributed by atoms with Gasteiger partial charge in [-0.3, -0.25) is 4.79 Å². The highest BCUT2D eigenvalue weighted by Crippen LogP contribution is 2.42. The fourth-order valence-electron chi connectivity index (χ4n) is 4.77. The molecular weight excluding hydrogens is 431 g/mol. The van der Waals surface area contributed by atoms with Crippen molar-refractivity contribution in [3.05, 3.63) is 65.1 Å². The Bertz CT molecular complexity index is 1180. The van der Waals surface area contributed by atoms with Crippen LogP contribution in [0.1, 0.15) is 56.7 Å². The van der Waals surface area contributed by atoms with Crippen LogP contribution in [-0.2, 0) is 10.4 Å². The molecule has 6 heteroatoms. The minimum Gasteiger partial charge on any atom is -0.454 e. The topological polar surface area (TPSA) is 52.8 Å². The molecule has 0 radical (unpaired) electrons. The molecule has 0 aromatic heterocycles. The molecular formula is C28H34FN2O3+. The molecule has 1 unspecified atom stereocenters. The molecule has 5 nitrogen and oxygen atoms in total. The predicted octanol–water partition coefficient (Wildman–Crippen LogP) is 5.24. The molecule has 2 heterocycles. The van der Waals surface area contributed by atoms with E-state index in [9.17, 15) is 14.3 Å². The number of aryl methyl sites for hydroxylation is 1. The maximum absolute atomic E-state index is 14.8. The molecule has 0 saturated heterocycles. The summed E-state index contributed by atoms with van der Waals surface area (Å²) < 4.78 is 23.1. The fraction of sp³-hybridized carbons (Fsp3) is 0.429. The van der Waals surface area contributed by atoms with E-state index in [4.69, 9.17) is 4.74 Å². The summed E-state index contributed by atoms with van der Waals surface area (Å²) in [4.78, 5) is 14.7. The van der Waals surface area contributed by atoms with Crippen LogP contribution in [0, 0.1) is 18.7 Å². The molecule has 0 aliphatic carbocycles. The third-order valence-corrected chi connectivity index (χ3v) is 6.76. The van der Waals surface area contributed by atoms with Crippen molar-refractivity contribution in [1.82, 2.24) is 4.90 Å². The van der Waals surface area contributed by atoms with Crippen molar-refractivity contribution in [2.24, 2.45) is 5.92 Å². The van der Waals surface area contributed by atoms with Crippen LogP contribution in [-0.4, -0.2) is 46.3 Å². The summed E-state index contributed by atoms with van der Waals surface area (Å²) in [7, 11) is 1.77. The second-order valence-corrected chi connectivity index (χ2v) is 9.83. The largest absolute Gasteiger partial charge is 0.454 e. The number of aliphatic hydroxyl groups is 1. The first-order valence-corrected chi connectivity index (χ1v) is 12.0. The van der Waals surface area contributed by atoms with Crippen LogP contribution >= 0.6 is 0 Å². The SMILES string of the molecule is CCCC[N+]1=C2C(=O)N(C)C=C(c3cc(C(C)(C)O)ccc3Oc3cccc(C)c3F)C2CC1. The number of carbonyl (C=O) groups excluding carboxylic acids is 1. The zero-order valence-corrected chi connectivity index (χ0v) is 20.7. The lowest BCUT2D eigenvalue weighted by molar-refractivity contribution is -0.519. The minimum absolute atomic E-state index is 0.0215. The van der Waals surface area contributed by atoms with Crippen molar-refractivity contribution in [2.45, 2.75) is 52.6 Å². The van der Waals surface area contributed by atoms with Gasteiger partial charge in [0, 0.05) is 31.7 Å². The van der Waals surface area contributed by atoms with Crippen LogP contribution in [0.15, 0.2) is 42.6 Å². The van der Waals surface area contributed by atoms with Gasteiger partial charge in [-0.25, -0.2) is 8.97 Å². The number of benzene rings is 2. The van der Waals surface area contributed by atoms with Gasteiger partial charge < -0.3 is 14.7 Å². The zero-order chi connectivity index (χ0) is 24.6. The first kappa shape index (κ1) is 24.1. The van der Waals surface area contributed by atoms with Gasteiger partial charge in [-0.1, -0.05) is 31.5 Å². The van der Waals surface area contributed by atoms with Crippen molar-refractivity contribution in [1.29, 1.82) is 0 Å². The van der Waals surface area contributed by atoms with E-state index < -0.39 is 11.4 Å². The van der Waals surface area contributed by atoms with Crippen molar-refractivity contribution in [3.8, 4) is 11.5 Å². The van der Waals surface area contributed by atoms with Gasteiger partial charge in [0.15, 0.2) is 11.6 Å². The molecule has 1 atom stereocenters. The molecule has 0 spiro atoms. The van der Waals surface area contributed by atoms with E-state index in [-0.39, 0.29) is 17.6 Å². The molecule has 2 aromatic rings. The van der Waals surface area contributed by atoms with Crippen molar-refractivity contribution in [3.63, 3.8) is 0 Å². The van der Waals surface area contributed by atoms with Crippen molar-refractivity contribution < 1.29 is 23.6 Å². The fourth-order valence-corrected chi connectivity index (χ4v) is 4.77. The highest BCUT2D eigenvalue weighted by molar-refractivity contribution is 6.41. The van der Waals surface area contributed by atoms with Gasteiger partial charge in [-0.15, -0.1) is 0 Å². The standard InChI is InChI=1S/C28H34FN2O3/c1-6-7-14-31-15-13-20-22(17-30(5)27(32)26(20)31)21-16-19(28(3,4)33)11-12-23(21)34-24-10-8-9-18(2)25(24)29/h8-12,16-17,20,33H,6-7,13-15H2,1-5H3/q+1. The lowest BCUT2D eigenvalue weighted by atomic mass is 9.83. The van der Waals surface area contributed by atoms with E-state index >= 15 is 0 Å². The van der Waals surface area contributed by atoms with Crippen LogP contribution in [0.25, 0.3) is 5.57 Å². The summed E-state index contributed by atoms with van der Waals surface area (Å²) in [5.74, 6) is 0.204. The van der Waals surface area contributed by atoms with Crippen LogP contribution in [0.4, 0.5) is 4.39 Å². The highest BCUT2D eigenvalue weighted by Gasteiger charge is 2.45. The monoisotopic (exact) mass is 465 g/mol. The Morgan fingerprint density at radius 2 is 2.00 bits per heavy atom. The third-order valence-electron chi connectivity index (χ3n) is 6.76. The number of carbonyl (C=O) groups is 1. The number of hydrogen-bond acceptors (Lipinski definition) is 3. The maximum atomic E-state index is 14.8. The van der Waals surface area contributed by atoms with Gasteiger partial charge in [-0.05, 0) is 55.7 Å². The van der Waals surface area contributed by atoms with Gasteiger partial charge in [0.2, 0.25) is 5.71 Å². The Kier molecular flexibility index (Phi) is 6.63. The number of halogens is 1. The average Bonchev–Trinajstić information content (AvgIpc) is 3.21. The van der Waals surface area contributed by atoms with Crippen molar-refractivity contribution >= 4 is 17.2 Å². The van der Waals surface area contributed by atoms with Crippen molar-refractivity contribution in [2.75, 3.05) is 20.1 Å². The third kappa shape index (κ3) is 4.51. The van der Waals surface area contributed by atoms with Crippen LogP contribution in [0.2, 0.25) is 0 Å². The highest BCUT2D eigenvalue weighted by atomic mass is 19.1. The Morgan fingerprint density at radius 1 is 1.24 bits per heavy atom. The molecule has 1 amide bonds. The number of ether oxygens (including phenoxy) is 1. The second kappa shape index (κ2) is 9.34. The van der Waals surface area contributed by atoms with Gasteiger partial charge in [-0.2, -0.15) is 0 Å². The molecule has 180 valence electrons. The zero-order valence-electron chi connectivity index (χ0n) is 20.7. The average molecular weight is 466 g/mol. The number of fused-ring (bicyclic) bond motifs is 1. The number of allylic oxidation sites excluding steroid dienone is 1. The lowest BCUT2D eigenvalue weighted by Gasteiger charge is -2.27. The Hall–Kier alpha value is -2.99. The summed E-state index contributed by atoms with van der Waals surface area (Å²) in [6, 6.07) is 10.6. The molecule has 34 heavy (non-hydrogen) atoms. The van der Waals surface area contributed by atoms with E-state index in [1.807, 2.05) is 12.3 Å². The molecule has 0 fully saturated rings. The van der Waals surface area contributed by atoms with Gasteiger partial charge in [0.05, 0.1) is 11.5 Å². The number of nitrogens with zero attached hydrogens (tertiary/aromatic N) is 2. The molecule has 2 aliphatic heterocycles. The molecule has 4 rings (SSSR count). The van der Waals surface area contributed by atoms with Crippen LogP contribution < -0.4 is 4.74 Å². The van der Waals surface area contributed by atoms with Crippen LogP contribution in [0.3, 0.4) is 0 Å². The molecule has 0 bridgehead atoms.